The minimum atomic E-state index is -0.454. The minimum absolute atomic E-state index is 0.336. The van der Waals surface area contributed by atoms with Crippen LogP contribution in [0.15, 0.2) is 11.6 Å². The summed E-state index contributed by atoms with van der Waals surface area (Å²) in [5, 5.41) is 9.78. The first-order valence-electron chi connectivity index (χ1n) is 4.52. The predicted octanol–water partition coefficient (Wildman–Crippen LogP) is 1.88. The lowest BCUT2D eigenvalue weighted by molar-refractivity contribution is -0.0570. The number of ether oxygens (including phenoxy) is 1. The Kier molecular flexibility index (Phi) is 2.91. The van der Waals surface area contributed by atoms with E-state index in [0.717, 1.165) is 25.0 Å². The first kappa shape index (κ1) is 9.75. The summed E-state index contributed by atoms with van der Waals surface area (Å²) >= 11 is 0. The van der Waals surface area contributed by atoms with Gasteiger partial charge in [-0.05, 0) is 33.6 Å². The van der Waals surface area contributed by atoms with Gasteiger partial charge in [-0.25, -0.2) is 0 Å². The lowest BCUT2D eigenvalue weighted by Gasteiger charge is -2.27. The number of rotatable bonds is 2. The molecule has 1 saturated heterocycles. The highest BCUT2D eigenvalue weighted by Gasteiger charge is 2.35. The van der Waals surface area contributed by atoms with E-state index >= 15 is 0 Å². The summed E-state index contributed by atoms with van der Waals surface area (Å²) in [5.74, 6) is 0. The van der Waals surface area contributed by atoms with Crippen molar-refractivity contribution in [2.45, 2.75) is 45.3 Å². The van der Waals surface area contributed by atoms with Crippen molar-refractivity contribution in [3.63, 3.8) is 0 Å². The van der Waals surface area contributed by atoms with Crippen molar-refractivity contribution in [3.8, 4) is 0 Å². The lowest BCUT2D eigenvalue weighted by atomic mass is 9.94. The van der Waals surface area contributed by atoms with Gasteiger partial charge >= 0.3 is 0 Å². The van der Waals surface area contributed by atoms with Crippen LogP contribution in [-0.4, -0.2) is 23.4 Å². The highest BCUT2D eigenvalue weighted by atomic mass is 16.5. The van der Waals surface area contributed by atoms with Gasteiger partial charge in [0.2, 0.25) is 0 Å². The molecule has 1 rings (SSSR count). The van der Waals surface area contributed by atoms with Gasteiger partial charge in [0, 0.05) is 6.61 Å². The highest BCUT2D eigenvalue weighted by molar-refractivity contribution is 5.05. The van der Waals surface area contributed by atoms with Gasteiger partial charge in [0.05, 0.1) is 5.60 Å². The molecule has 70 valence electrons. The number of aliphatic hydroxyl groups is 1. The Labute approximate surface area is 74.2 Å². The van der Waals surface area contributed by atoms with Crippen LogP contribution in [0.3, 0.4) is 0 Å². The SMILES string of the molecule is CC(C)=CC(O)C1(C)CCCO1. The smallest absolute Gasteiger partial charge is 0.101 e. The molecule has 0 aliphatic carbocycles. The number of allylic oxidation sites excluding steroid dienone is 1. The molecule has 0 aromatic rings. The van der Waals surface area contributed by atoms with Crippen LogP contribution in [0, 0.1) is 0 Å². The second kappa shape index (κ2) is 3.58. The Bertz CT molecular complexity index is 174. The van der Waals surface area contributed by atoms with E-state index in [4.69, 9.17) is 4.74 Å². The molecule has 0 radical (unpaired) electrons. The third-order valence-corrected chi connectivity index (χ3v) is 2.37. The molecule has 0 saturated carbocycles. The van der Waals surface area contributed by atoms with E-state index < -0.39 is 6.10 Å². The van der Waals surface area contributed by atoms with Crippen molar-refractivity contribution >= 4 is 0 Å². The van der Waals surface area contributed by atoms with E-state index in [2.05, 4.69) is 0 Å². The molecule has 1 N–H and O–H groups in total. The molecule has 0 spiro atoms. The average molecular weight is 170 g/mol. The van der Waals surface area contributed by atoms with E-state index in [1.54, 1.807) is 0 Å². The zero-order chi connectivity index (χ0) is 9.19. The second-order valence-electron chi connectivity index (χ2n) is 3.95. The van der Waals surface area contributed by atoms with Crippen LogP contribution in [0.5, 0.6) is 0 Å². The summed E-state index contributed by atoms with van der Waals surface area (Å²) in [7, 11) is 0. The van der Waals surface area contributed by atoms with E-state index in [-0.39, 0.29) is 5.60 Å². The van der Waals surface area contributed by atoms with Crippen molar-refractivity contribution in [1.29, 1.82) is 0 Å². The van der Waals surface area contributed by atoms with Crippen LogP contribution in [0.2, 0.25) is 0 Å². The van der Waals surface area contributed by atoms with Gasteiger partial charge in [0.25, 0.3) is 0 Å². The fourth-order valence-corrected chi connectivity index (χ4v) is 1.53. The van der Waals surface area contributed by atoms with Crippen LogP contribution in [0.4, 0.5) is 0 Å². The predicted molar refractivity (Wildman–Crippen MR) is 49.0 cm³/mol. The lowest BCUT2D eigenvalue weighted by Crippen LogP contribution is -2.37. The van der Waals surface area contributed by atoms with E-state index in [9.17, 15) is 5.11 Å². The van der Waals surface area contributed by atoms with Crippen molar-refractivity contribution in [1.82, 2.24) is 0 Å². The summed E-state index contributed by atoms with van der Waals surface area (Å²) in [5.41, 5.74) is 0.802. The molecule has 1 aliphatic heterocycles. The number of hydrogen-bond donors (Lipinski definition) is 1. The van der Waals surface area contributed by atoms with Crippen LogP contribution in [0.25, 0.3) is 0 Å². The van der Waals surface area contributed by atoms with Crippen molar-refractivity contribution in [2.24, 2.45) is 0 Å². The largest absolute Gasteiger partial charge is 0.386 e. The summed E-state index contributed by atoms with van der Waals surface area (Å²) in [6.07, 6.45) is 3.43. The Balaban J connectivity index is 2.61. The topological polar surface area (TPSA) is 29.5 Å². The van der Waals surface area contributed by atoms with Crippen molar-refractivity contribution < 1.29 is 9.84 Å². The fourth-order valence-electron chi connectivity index (χ4n) is 1.53. The van der Waals surface area contributed by atoms with Crippen LogP contribution < -0.4 is 0 Å². The second-order valence-corrected chi connectivity index (χ2v) is 3.95. The molecule has 0 amide bonds. The monoisotopic (exact) mass is 170 g/mol. The normalized spacial score (nSPS) is 31.7. The van der Waals surface area contributed by atoms with Gasteiger partial charge in [-0.15, -0.1) is 0 Å². The van der Waals surface area contributed by atoms with Crippen LogP contribution >= 0.6 is 0 Å². The van der Waals surface area contributed by atoms with Crippen molar-refractivity contribution in [2.75, 3.05) is 6.61 Å². The highest BCUT2D eigenvalue weighted by Crippen LogP contribution is 2.29. The third-order valence-electron chi connectivity index (χ3n) is 2.37. The average Bonchev–Trinajstić information content (AvgIpc) is 2.36. The van der Waals surface area contributed by atoms with Crippen molar-refractivity contribution in [3.05, 3.63) is 11.6 Å². The number of hydrogen-bond acceptors (Lipinski definition) is 2. The minimum Gasteiger partial charge on any atom is -0.386 e. The van der Waals surface area contributed by atoms with Crippen LogP contribution in [-0.2, 0) is 4.74 Å². The Morgan fingerprint density at radius 2 is 2.25 bits per heavy atom. The molecule has 2 unspecified atom stereocenters. The summed E-state index contributed by atoms with van der Waals surface area (Å²) < 4.78 is 5.51. The summed E-state index contributed by atoms with van der Waals surface area (Å²) in [4.78, 5) is 0. The molecule has 0 aromatic heterocycles. The molecular weight excluding hydrogens is 152 g/mol. The fraction of sp³-hybridized carbons (Fsp3) is 0.800. The van der Waals surface area contributed by atoms with E-state index in [1.807, 2.05) is 26.8 Å². The molecule has 0 bridgehead atoms. The molecule has 12 heavy (non-hydrogen) atoms. The molecule has 2 heteroatoms. The molecule has 1 fully saturated rings. The first-order chi connectivity index (χ1) is 5.54. The zero-order valence-corrected chi connectivity index (χ0v) is 8.13. The summed E-state index contributed by atoms with van der Waals surface area (Å²) in [6, 6.07) is 0. The van der Waals surface area contributed by atoms with Gasteiger partial charge in [0.15, 0.2) is 0 Å². The van der Waals surface area contributed by atoms with Gasteiger partial charge < -0.3 is 9.84 Å². The Morgan fingerprint density at radius 1 is 1.58 bits per heavy atom. The molecule has 0 aromatic carbocycles. The van der Waals surface area contributed by atoms with Gasteiger partial charge in [0.1, 0.15) is 6.10 Å². The maximum absolute atomic E-state index is 9.78. The Morgan fingerprint density at radius 3 is 2.67 bits per heavy atom. The molecule has 1 aliphatic rings. The Hall–Kier alpha value is -0.340. The maximum Gasteiger partial charge on any atom is 0.101 e. The third kappa shape index (κ3) is 2.08. The molecule has 2 nitrogen and oxygen atoms in total. The molecule has 1 heterocycles. The quantitative estimate of drug-likeness (QED) is 0.641. The van der Waals surface area contributed by atoms with Gasteiger partial charge in [-0.1, -0.05) is 11.6 Å². The zero-order valence-electron chi connectivity index (χ0n) is 8.13. The van der Waals surface area contributed by atoms with Crippen LogP contribution in [0.1, 0.15) is 33.6 Å². The molecular formula is C10H18O2. The summed E-state index contributed by atoms with van der Waals surface area (Å²) in [6.45, 7) is 6.73. The van der Waals surface area contributed by atoms with Gasteiger partial charge in [-0.2, -0.15) is 0 Å². The number of aliphatic hydroxyl groups excluding tert-OH is 1. The van der Waals surface area contributed by atoms with E-state index in [1.165, 1.54) is 0 Å². The first-order valence-corrected chi connectivity index (χ1v) is 4.52. The molecule has 2 atom stereocenters. The standard InChI is InChI=1S/C10H18O2/c1-8(2)7-9(11)10(3)5-4-6-12-10/h7,9,11H,4-6H2,1-3H3. The van der Waals surface area contributed by atoms with E-state index in [0.29, 0.717) is 0 Å². The maximum atomic E-state index is 9.78. The van der Waals surface area contributed by atoms with Gasteiger partial charge in [-0.3, -0.25) is 0 Å².